The number of aliphatic hydroxyl groups excluding tert-OH is 2. The Balaban J connectivity index is 1.27. The summed E-state index contributed by atoms with van der Waals surface area (Å²) in [6.07, 6.45) is 8.33. The lowest BCUT2D eigenvalue weighted by molar-refractivity contribution is -0.276. The van der Waals surface area contributed by atoms with Crippen molar-refractivity contribution >= 4 is 27.9 Å². The lowest BCUT2D eigenvalue weighted by Crippen LogP contribution is -2.72. The van der Waals surface area contributed by atoms with Crippen molar-refractivity contribution in [1.29, 1.82) is 0 Å². The minimum atomic E-state index is -0.834. The number of hydrogen-bond donors (Lipinski definition) is 3. The highest BCUT2D eigenvalue weighted by Crippen LogP contribution is 2.73. The van der Waals surface area contributed by atoms with Crippen molar-refractivity contribution in [3.05, 3.63) is 52.5 Å². The Bertz CT molecular complexity index is 1370. The average molecular weight is 525 g/mol. The van der Waals surface area contributed by atoms with Crippen LogP contribution in [-0.2, 0) is 4.74 Å². The normalized spacial score (nSPS) is 46.5. The number of likely N-dealkylation sites (N-methyl/N-ethyl adjacent to an activating group) is 1. The van der Waals surface area contributed by atoms with E-state index in [0.717, 1.165) is 43.9 Å². The first kappa shape index (κ1) is 24.3. The molecule has 1 aromatic heterocycles. The summed E-state index contributed by atoms with van der Waals surface area (Å²) in [4.78, 5) is 16.5. The van der Waals surface area contributed by atoms with E-state index in [4.69, 9.17) is 16.3 Å². The molecule has 2 aliphatic heterocycles. The molecule has 2 saturated carbocycles. The van der Waals surface area contributed by atoms with E-state index in [2.05, 4.69) is 30.1 Å². The highest BCUT2D eigenvalue weighted by molar-refractivity contribution is 6.25. The zero-order valence-corrected chi connectivity index (χ0v) is 22.6. The van der Waals surface area contributed by atoms with Crippen LogP contribution in [0.3, 0.4) is 0 Å². The molecule has 7 heteroatoms. The van der Waals surface area contributed by atoms with Crippen LogP contribution in [0.2, 0.25) is 0 Å². The number of pyridine rings is 1. The Kier molecular flexibility index (Phi) is 5.06. The highest BCUT2D eigenvalue weighted by Gasteiger charge is 2.76. The summed E-state index contributed by atoms with van der Waals surface area (Å²) in [6.45, 7) is 2.38. The smallest absolute Gasteiger partial charge is 0.255 e. The first-order chi connectivity index (χ1) is 17.5. The van der Waals surface area contributed by atoms with Crippen LogP contribution < -0.4 is 5.56 Å². The van der Waals surface area contributed by atoms with Gasteiger partial charge in [-0.15, -0.1) is 11.6 Å². The van der Waals surface area contributed by atoms with Crippen molar-refractivity contribution in [3.63, 3.8) is 0 Å². The van der Waals surface area contributed by atoms with Gasteiger partial charge in [-0.2, -0.15) is 0 Å². The molecule has 4 fully saturated rings. The fraction of sp³-hybridized carbons (Fsp3) is 0.633. The molecule has 2 spiro atoms. The minimum absolute atomic E-state index is 0.0609. The molecule has 3 N–H and O–H groups in total. The quantitative estimate of drug-likeness (QED) is 0.516. The van der Waals surface area contributed by atoms with Gasteiger partial charge in [0.2, 0.25) is 0 Å². The number of halogens is 1. The number of alkyl halides is 1. The zero-order chi connectivity index (χ0) is 26.0. The molecule has 0 amide bonds. The number of ether oxygens (including phenoxy) is 1. The largest absolute Gasteiger partial charge is 0.390 e. The van der Waals surface area contributed by atoms with Gasteiger partial charge in [0.15, 0.2) is 0 Å². The van der Waals surface area contributed by atoms with Gasteiger partial charge >= 0.3 is 0 Å². The second-order valence-electron chi connectivity index (χ2n) is 13.0. The molecule has 2 bridgehead atoms. The molecule has 2 aromatic rings. The Morgan fingerprint density at radius 1 is 1.08 bits per heavy atom. The Hall–Kier alpha value is -1.70. The van der Waals surface area contributed by atoms with Crippen molar-refractivity contribution in [3.8, 4) is 0 Å². The molecular weight excluding hydrogens is 488 g/mol. The lowest BCUT2D eigenvalue weighted by atomic mass is 9.52. The summed E-state index contributed by atoms with van der Waals surface area (Å²) in [5.41, 5.74) is 1.46. The van der Waals surface area contributed by atoms with Gasteiger partial charge in [-0.3, -0.25) is 4.79 Å². The van der Waals surface area contributed by atoms with Crippen LogP contribution in [0.1, 0.15) is 57.4 Å². The molecular formula is C30H37ClN2O4. The van der Waals surface area contributed by atoms with E-state index in [1.165, 1.54) is 11.1 Å². The van der Waals surface area contributed by atoms with Crippen LogP contribution in [0.5, 0.6) is 0 Å². The fourth-order valence-corrected chi connectivity index (χ4v) is 9.89. The molecule has 3 heterocycles. The number of fused-ring (bicyclic) bond motifs is 2. The molecule has 3 aliphatic carbocycles. The molecule has 5 aliphatic rings. The van der Waals surface area contributed by atoms with Crippen molar-refractivity contribution in [2.75, 3.05) is 14.1 Å². The third-order valence-corrected chi connectivity index (χ3v) is 12.0. The highest BCUT2D eigenvalue weighted by atomic mass is 35.5. The second kappa shape index (κ2) is 7.70. The van der Waals surface area contributed by atoms with Gasteiger partial charge in [-0.1, -0.05) is 19.1 Å². The van der Waals surface area contributed by atoms with Crippen LogP contribution in [-0.4, -0.2) is 68.5 Å². The third-order valence-electron chi connectivity index (χ3n) is 11.3. The summed E-state index contributed by atoms with van der Waals surface area (Å²) in [6, 6.07) is 8.01. The van der Waals surface area contributed by atoms with Gasteiger partial charge in [-0.05, 0) is 99.2 Å². The van der Waals surface area contributed by atoms with Crippen LogP contribution in [0.15, 0.2) is 41.3 Å². The molecule has 7 rings (SSSR count). The Morgan fingerprint density at radius 2 is 1.89 bits per heavy atom. The van der Waals surface area contributed by atoms with Crippen molar-refractivity contribution < 1.29 is 14.9 Å². The lowest BCUT2D eigenvalue weighted by Gasteiger charge is -2.65. The van der Waals surface area contributed by atoms with Crippen molar-refractivity contribution in [2.45, 2.75) is 86.2 Å². The molecule has 9 atom stereocenters. The van der Waals surface area contributed by atoms with Crippen molar-refractivity contribution in [2.24, 2.45) is 17.3 Å². The molecule has 6 nitrogen and oxygen atoms in total. The van der Waals surface area contributed by atoms with Gasteiger partial charge in [-0.25, -0.2) is 0 Å². The summed E-state index contributed by atoms with van der Waals surface area (Å²) in [7, 11) is 3.94. The number of nitrogens with one attached hydrogen (secondary N) is 1. The van der Waals surface area contributed by atoms with E-state index in [-0.39, 0.29) is 28.9 Å². The second-order valence-corrected chi connectivity index (χ2v) is 13.7. The van der Waals surface area contributed by atoms with Gasteiger partial charge in [0.25, 0.3) is 5.56 Å². The molecule has 37 heavy (non-hydrogen) atoms. The predicted molar refractivity (Wildman–Crippen MR) is 145 cm³/mol. The third kappa shape index (κ3) is 3.00. The van der Waals surface area contributed by atoms with Crippen LogP contribution in [0.25, 0.3) is 16.3 Å². The molecule has 3 unspecified atom stereocenters. The monoisotopic (exact) mass is 524 g/mol. The minimum Gasteiger partial charge on any atom is -0.390 e. The van der Waals surface area contributed by atoms with E-state index in [1.807, 2.05) is 31.1 Å². The van der Waals surface area contributed by atoms with Gasteiger partial charge < -0.3 is 24.8 Å². The number of benzene rings is 1. The van der Waals surface area contributed by atoms with E-state index >= 15 is 0 Å². The number of nitrogens with zero attached hydrogens (tertiary/aromatic N) is 1. The van der Waals surface area contributed by atoms with Gasteiger partial charge in [0.05, 0.1) is 28.3 Å². The topological polar surface area (TPSA) is 85.8 Å². The Morgan fingerprint density at radius 3 is 2.68 bits per heavy atom. The predicted octanol–water partition coefficient (Wildman–Crippen LogP) is 4.07. The number of rotatable bonds is 2. The van der Waals surface area contributed by atoms with Crippen molar-refractivity contribution in [1.82, 2.24) is 9.88 Å². The maximum Gasteiger partial charge on any atom is 0.255 e. The molecule has 2 saturated heterocycles. The molecule has 198 valence electrons. The Labute approximate surface area is 222 Å². The van der Waals surface area contributed by atoms with E-state index in [1.54, 1.807) is 6.20 Å². The van der Waals surface area contributed by atoms with Gasteiger partial charge in [0, 0.05) is 29.5 Å². The number of aliphatic hydroxyl groups is 2. The average Bonchev–Trinajstić information content (AvgIpc) is 3.40. The van der Waals surface area contributed by atoms with Crippen LogP contribution >= 0.6 is 11.6 Å². The first-order valence-electron chi connectivity index (χ1n) is 13.8. The molecule has 1 aromatic carbocycles. The number of allylic oxidation sites excluding steroid dienone is 2. The van der Waals surface area contributed by atoms with Crippen LogP contribution in [0.4, 0.5) is 0 Å². The van der Waals surface area contributed by atoms with E-state index in [0.29, 0.717) is 11.8 Å². The SMILES string of the molecule is CN(C)[C@H]1C[C@@]23CC[C@]4(O2)C2CC=C(c5ccc6c(=O)[nH]ccc6c5)[C@@]2(C)CCC4(Cl)CC3[C@@H](O)[C@@H]1O. The summed E-state index contributed by atoms with van der Waals surface area (Å²) < 4.78 is 7.32. The number of aromatic amines is 1. The van der Waals surface area contributed by atoms with Gasteiger partial charge in [0.1, 0.15) is 0 Å². The van der Waals surface area contributed by atoms with E-state index < -0.39 is 28.3 Å². The first-order valence-corrected chi connectivity index (χ1v) is 14.2. The fourth-order valence-electron chi connectivity index (χ4n) is 9.37. The number of aromatic nitrogens is 1. The number of H-pyrrole nitrogens is 1. The summed E-state index contributed by atoms with van der Waals surface area (Å²) >= 11 is 7.62. The summed E-state index contributed by atoms with van der Waals surface area (Å²) in [5, 5.41) is 23.9. The zero-order valence-electron chi connectivity index (χ0n) is 21.8. The van der Waals surface area contributed by atoms with E-state index in [9.17, 15) is 15.0 Å². The standard InChI is InChI=1S/C30H37ClN2O4/c1-27-9-11-29(31)15-21-24(34)25(35)22(33(2)3)16-28(21)10-12-30(29,37-28)23(27)7-6-20(27)18-4-5-19-17(14-18)8-13-32-26(19)36/h4-6,8,13-14,21-25,34-35H,7,9-12,15-16H2,1-3H3,(H,32,36)/t21?,22-,23?,24+,25+,27+,28+,29?,30-/m0/s1. The maximum atomic E-state index is 12.3. The van der Waals surface area contributed by atoms with Crippen LogP contribution in [0, 0.1) is 17.3 Å². The molecule has 0 radical (unpaired) electrons. The summed E-state index contributed by atoms with van der Waals surface area (Å²) in [5.74, 6) is 0.0989. The maximum absolute atomic E-state index is 12.3. The number of hydrogen-bond acceptors (Lipinski definition) is 5.